The number of nitrogens with zero attached hydrogens (tertiary/aromatic N) is 4. The summed E-state index contributed by atoms with van der Waals surface area (Å²) in [6.07, 6.45) is -6.69. The molecule has 1 aromatic heterocycles. The van der Waals surface area contributed by atoms with Crippen LogP contribution >= 0.6 is 0 Å². The molecule has 3 atom stereocenters. The van der Waals surface area contributed by atoms with Crippen LogP contribution in [0.1, 0.15) is 27.2 Å². The lowest BCUT2D eigenvalue weighted by atomic mass is 10.0. The highest BCUT2D eigenvalue weighted by molar-refractivity contribution is 5.48. The van der Waals surface area contributed by atoms with Gasteiger partial charge in [-0.05, 0) is 19.3 Å². The molecule has 0 amide bonds. The molecule has 3 rings (SSSR count). The van der Waals surface area contributed by atoms with Gasteiger partial charge in [-0.3, -0.25) is 9.36 Å². The monoisotopic (exact) mass is 424 g/mol. The lowest BCUT2D eigenvalue weighted by Gasteiger charge is -2.41. The first-order valence-electron chi connectivity index (χ1n) is 9.64. The average molecular weight is 424 g/mol. The molecule has 0 bridgehead atoms. The quantitative estimate of drug-likeness (QED) is 0.696. The first-order valence-corrected chi connectivity index (χ1v) is 9.64. The summed E-state index contributed by atoms with van der Waals surface area (Å²) in [6, 6.07) is -2.31. The smallest absolute Gasteiger partial charge is 0.377 e. The lowest BCUT2D eigenvalue weighted by molar-refractivity contribution is -0.153. The third-order valence-corrected chi connectivity index (χ3v) is 5.45. The van der Waals surface area contributed by atoms with E-state index in [0.29, 0.717) is 0 Å². The maximum absolute atomic E-state index is 14.8. The Morgan fingerprint density at radius 2 is 1.97 bits per heavy atom. The molecule has 11 heteroatoms. The second-order valence-corrected chi connectivity index (χ2v) is 7.88. The molecule has 0 aliphatic carbocycles. The largest absolute Gasteiger partial charge is 0.408 e. The third-order valence-electron chi connectivity index (χ3n) is 5.45. The van der Waals surface area contributed by atoms with Gasteiger partial charge in [-0.2, -0.15) is 22.5 Å². The Labute approximate surface area is 165 Å². The van der Waals surface area contributed by atoms with Gasteiger partial charge in [0.1, 0.15) is 12.2 Å². The summed E-state index contributed by atoms with van der Waals surface area (Å²) in [6.45, 7) is 4.73. The van der Waals surface area contributed by atoms with Gasteiger partial charge in [0.05, 0.1) is 25.8 Å². The van der Waals surface area contributed by atoms with E-state index in [0.717, 1.165) is 9.47 Å². The minimum absolute atomic E-state index is 0.244. The Bertz CT molecular complexity index is 798. The van der Waals surface area contributed by atoms with Gasteiger partial charge in [0.25, 0.3) is 5.56 Å². The summed E-state index contributed by atoms with van der Waals surface area (Å²) in [4.78, 5) is 19.0. The van der Waals surface area contributed by atoms with Crippen LogP contribution in [0.5, 0.6) is 0 Å². The number of aromatic nitrogens is 2. The number of rotatable bonds is 4. The minimum atomic E-state index is -4.64. The summed E-state index contributed by atoms with van der Waals surface area (Å²) in [5.41, 5.74) is -1.05. The first-order chi connectivity index (χ1) is 13.5. The summed E-state index contributed by atoms with van der Waals surface area (Å²) in [7, 11) is 0. The molecular weight excluding hydrogens is 399 g/mol. The highest BCUT2D eigenvalue weighted by Gasteiger charge is 2.48. The molecular formula is C18H25F5N4O2. The molecule has 0 radical (unpaired) electrons. The van der Waals surface area contributed by atoms with E-state index in [-0.39, 0.29) is 44.1 Å². The fourth-order valence-electron chi connectivity index (χ4n) is 3.66. The van der Waals surface area contributed by atoms with Gasteiger partial charge in [-0.1, -0.05) is 13.8 Å². The Morgan fingerprint density at radius 1 is 1.28 bits per heavy atom. The second-order valence-electron chi connectivity index (χ2n) is 7.88. The molecule has 1 fully saturated rings. The van der Waals surface area contributed by atoms with Gasteiger partial charge in [0, 0.05) is 13.1 Å². The van der Waals surface area contributed by atoms with Crippen LogP contribution in [0.2, 0.25) is 0 Å². The van der Waals surface area contributed by atoms with Crippen molar-refractivity contribution in [3.05, 3.63) is 16.2 Å². The van der Waals surface area contributed by atoms with Crippen LogP contribution in [-0.2, 0) is 11.3 Å². The molecule has 1 unspecified atom stereocenters. The maximum atomic E-state index is 14.8. The van der Waals surface area contributed by atoms with E-state index in [4.69, 9.17) is 4.74 Å². The number of hydrogen-bond acceptors (Lipinski definition) is 5. The van der Waals surface area contributed by atoms with Crippen LogP contribution < -0.4 is 15.4 Å². The van der Waals surface area contributed by atoms with E-state index in [1.54, 1.807) is 20.8 Å². The van der Waals surface area contributed by atoms with E-state index >= 15 is 0 Å². The van der Waals surface area contributed by atoms with Gasteiger partial charge >= 0.3 is 6.18 Å². The van der Waals surface area contributed by atoms with Crippen LogP contribution in [0.15, 0.2) is 4.79 Å². The van der Waals surface area contributed by atoms with E-state index in [1.807, 2.05) is 0 Å². The maximum Gasteiger partial charge on any atom is 0.408 e. The molecule has 0 spiro atoms. The predicted octanol–water partition coefficient (Wildman–Crippen LogP) is 2.74. The predicted molar refractivity (Wildman–Crippen MR) is 97.6 cm³/mol. The fourth-order valence-corrected chi connectivity index (χ4v) is 3.66. The average Bonchev–Trinajstić information content (AvgIpc) is 2.64. The molecule has 6 nitrogen and oxygen atoms in total. The molecule has 29 heavy (non-hydrogen) atoms. The van der Waals surface area contributed by atoms with Gasteiger partial charge in [-0.25, -0.2) is 4.39 Å². The van der Waals surface area contributed by atoms with Crippen molar-refractivity contribution < 1.29 is 26.7 Å². The van der Waals surface area contributed by atoms with Crippen molar-refractivity contribution in [2.24, 2.45) is 5.92 Å². The van der Waals surface area contributed by atoms with Crippen molar-refractivity contribution >= 4 is 11.8 Å². The zero-order chi connectivity index (χ0) is 21.5. The van der Waals surface area contributed by atoms with Gasteiger partial charge in [0.2, 0.25) is 11.8 Å². The van der Waals surface area contributed by atoms with Crippen LogP contribution in [0.25, 0.3) is 0 Å². The highest BCUT2D eigenvalue weighted by Crippen LogP contribution is 2.35. The number of anilines is 2. The zero-order valence-corrected chi connectivity index (χ0v) is 16.5. The Kier molecular flexibility index (Phi) is 6.07. The number of hydrogen-bond donors (Lipinski definition) is 0. The summed E-state index contributed by atoms with van der Waals surface area (Å²) < 4.78 is 76.4. The molecule has 2 aliphatic heterocycles. The summed E-state index contributed by atoms with van der Waals surface area (Å²) in [5, 5.41) is 0. The molecule has 0 aromatic carbocycles. The molecule has 1 saturated heterocycles. The Hall–Kier alpha value is -1.91. The molecule has 3 heterocycles. The zero-order valence-electron chi connectivity index (χ0n) is 16.5. The molecule has 2 aliphatic rings. The van der Waals surface area contributed by atoms with Crippen LogP contribution in [-0.4, -0.2) is 60.3 Å². The van der Waals surface area contributed by atoms with Crippen molar-refractivity contribution in [1.82, 2.24) is 9.55 Å². The standard InChI is InChI=1S/C18H25F5N4O2/c1-10(2)12(19)8-27-13(18(21,22)23)4-5-26-16(28)14(20)15(24-17(26)27)25-6-7-29-9-11(25)3/h10-13H,4-9H2,1-3H3/t11-,12-,13?/m1/s1. The van der Waals surface area contributed by atoms with E-state index < -0.39 is 48.6 Å². The third kappa shape index (κ3) is 4.19. The van der Waals surface area contributed by atoms with Crippen LogP contribution in [0, 0.1) is 11.7 Å². The van der Waals surface area contributed by atoms with Crippen LogP contribution in [0.4, 0.5) is 33.7 Å². The van der Waals surface area contributed by atoms with Crippen molar-refractivity contribution in [3.63, 3.8) is 0 Å². The lowest BCUT2D eigenvalue weighted by Crippen LogP contribution is -2.55. The van der Waals surface area contributed by atoms with E-state index in [2.05, 4.69) is 4.98 Å². The first kappa shape index (κ1) is 21.8. The van der Waals surface area contributed by atoms with Crippen molar-refractivity contribution in [1.29, 1.82) is 0 Å². The molecule has 0 N–H and O–H groups in total. The van der Waals surface area contributed by atoms with Crippen molar-refractivity contribution in [2.45, 2.75) is 58.2 Å². The van der Waals surface area contributed by atoms with Gasteiger partial charge < -0.3 is 14.5 Å². The highest BCUT2D eigenvalue weighted by atomic mass is 19.4. The Balaban J connectivity index is 2.11. The van der Waals surface area contributed by atoms with Gasteiger partial charge in [0.15, 0.2) is 5.82 Å². The minimum Gasteiger partial charge on any atom is -0.377 e. The van der Waals surface area contributed by atoms with E-state index in [9.17, 15) is 26.7 Å². The number of alkyl halides is 4. The molecule has 1 aromatic rings. The summed E-state index contributed by atoms with van der Waals surface area (Å²) in [5.74, 6) is -2.30. The van der Waals surface area contributed by atoms with Gasteiger partial charge in [-0.15, -0.1) is 0 Å². The number of fused-ring (bicyclic) bond motifs is 1. The Morgan fingerprint density at radius 3 is 2.55 bits per heavy atom. The molecule has 0 saturated carbocycles. The molecule has 164 valence electrons. The summed E-state index contributed by atoms with van der Waals surface area (Å²) >= 11 is 0. The van der Waals surface area contributed by atoms with Crippen LogP contribution in [0.3, 0.4) is 0 Å². The second kappa shape index (κ2) is 8.08. The normalized spacial score (nSPS) is 24.0. The SMILES string of the molecule is CC(C)[C@H](F)CN1c2nc(N3CCOC[C@H]3C)c(F)c(=O)n2CCC1C(F)(F)F. The number of ether oxygens (including phenoxy) is 1. The number of halogens is 5. The van der Waals surface area contributed by atoms with Crippen molar-refractivity contribution in [3.8, 4) is 0 Å². The van der Waals surface area contributed by atoms with Crippen molar-refractivity contribution in [2.75, 3.05) is 36.1 Å². The number of morpholine rings is 1. The van der Waals surface area contributed by atoms with E-state index in [1.165, 1.54) is 4.90 Å². The fraction of sp³-hybridized carbons (Fsp3) is 0.778. The topological polar surface area (TPSA) is 50.6 Å².